The lowest BCUT2D eigenvalue weighted by Gasteiger charge is -2.29. The molecular weight excluding hydrogens is 563 g/mol. The number of halogens is 4. The van der Waals surface area contributed by atoms with E-state index in [1.54, 1.807) is 0 Å². The first-order valence-electron chi connectivity index (χ1n) is 13.2. The second kappa shape index (κ2) is 12.1. The van der Waals surface area contributed by atoms with Gasteiger partial charge in [-0.25, -0.2) is 0 Å². The van der Waals surface area contributed by atoms with Crippen molar-refractivity contribution in [3.63, 3.8) is 0 Å². The quantitative estimate of drug-likeness (QED) is 0.380. The fourth-order valence-electron chi connectivity index (χ4n) is 5.20. The molecular formula is C29H27ClF3N3O5. The molecule has 2 aliphatic heterocycles. The first-order valence-corrected chi connectivity index (χ1v) is 13.6. The maximum Gasteiger partial charge on any atom is 0.414 e. The number of anilines is 1. The lowest BCUT2D eigenvalue weighted by molar-refractivity contribution is -0.223. The van der Waals surface area contributed by atoms with Gasteiger partial charge in [0.1, 0.15) is 11.7 Å². The van der Waals surface area contributed by atoms with E-state index in [1.165, 1.54) is 53.4 Å². The predicted octanol–water partition coefficient (Wildman–Crippen LogP) is 5.52. The van der Waals surface area contributed by atoms with Crippen molar-refractivity contribution in [1.82, 2.24) is 9.55 Å². The molecule has 216 valence electrons. The Kier molecular flexibility index (Phi) is 8.58. The molecule has 0 aliphatic carbocycles. The molecule has 2 aliphatic rings. The summed E-state index contributed by atoms with van der Waals surface area (Å²) in [5.41, 5.74) is 1.43. The molecule has 1 saturated heterocycles. The van der Waals surface area contributed by atoms with Crippen LogP contribution in [0.25, 0.3) is 11.1 Å². The van der Waals surface area contributed by atoms with Crippen molar-refractivity contribution in [2.45, 2.75) is 63.1 Å². The predicted molar refractivity (Wildman–Crippen MR) is 145 cm³/mol. The van der Waals surface area contributed by atoms with Gasteiger partial charge < -0.3 is 19.4 Å². The Labute approximate surface area is 238 Å². The highest BCUT2D eigenvalue weighted by Crippen LogP contribution is 2.37. The largest absolute Gasteiger partial charge is 0.414 e. The number of fused-ring (bicyclic) bond motifs is 3. The molecule has 1 N–H and O–H groups in total. The smallest absolute Gasteiger partial charge is 0.378 e. The number of amides is 1. The van der Waals surface area contributed by atoms with E-state index >= 15 is 0 Å². The summed E-state index contributed by atoms with van der Waals surface area (Å²) in [6.07, 6.45) is -1.46. The van der Waals surface area contributed by atoms with Crippen molar-refractivity contribution < 1.29 is 32.2 Å². The zero-order chi connectivity index (χ0) is 29.1. The van der Waals surface area contributed by atoms with E-state index in [-0.39, 0.29) is 18.2 Å². The van der Waals surface area contributed by atoms with Crippen molar-refractivity contribution >= 4 is 29.5 Å². The lowest BCUT2D eigenvalue weighted by atomic mass is 9.92. The molecule has 0 spiro atoms. The van der Waals surface area contributed by atoms with Crippen LogP contribution in [0.15, 0.2) is 53.6 Å². The van der Waals surface area contributed by atoms with Crippen LogP contribution in [0.4, 0.5) is 18.9 Å². The number of rotatable bonds is 6. The molecule has 3 atom stereocenters. The number of hydrogen-bond acceptors (Lipinski definition) is 6. The SMILES string of the molecule is O=Cc1ccc(NC(=O)C(CC2CCCCO2)n2cc3c(cc2=O)-c2cc(Cl)ccc2CC(C(F)(F)F)OC3)cn1. The monoisotopic (exact) mass is 589 g/mol. The third-order valence-electron chi connectivity index (χ3n) is 7.31. The summed E-state index contributed by atoms with van der Waals surface area (Å²) in [6, 6.07) is 7.75. The third kappa shape index (κ3) is 6.69. The van der Waals surface area contributed by atoms with Gasteiger partial charge in [0.15, 0.2) is 12.4 Å². The van der Waals surface area contributed by atoms with Crippen LogP contribution in [0, 0.1) is 0 Å². The molecule has 5 rings (SSSR count). The van der Waals surface area contributed by atoms with Crippen LogP contribution in [-0.4, -0.2) is 46.7 Å². The Balaban J connectivity index is 1.56. The Bertz CT molecular complexity index is 1490. The zero-order valence-corrected chi connectivity index (χ0v) is 22.6. The first kappa shape index (κ1) is 29.0. The van der Waals surface area contributed by atoms with Gasteiger partial charge in [-0.1, -0.05) is 17.7 Å². The van der Waals surface area contributed by atoms with E-state index in [0.717, 1.165) is 12.8 Å². The maximum atomic E-state index is 13.8. The number of benzene rings is 1. The number of carbonyl (C=O) groups excluding carboxylic acids is 2. The van der Waals surface area contributed by atoms with Gasteiger partial charge in [0.05, 0.1) is 24.6 Å². The maximum absolute atomic E-state index is 13.8. The van der Waals surface area contributed by atoms with Crippen molar-refractivity contribution in [2.24, 2.45) is 0 Å². The molecule has 3 aromatic rings. The molecule has 0 radical (unpaired) electrons. The Morgan fingerprint density at radius 1 is 1.15 bits per heavy atom. The number of aromatic nitrogens is 2. The molecule has 1 fully saturated rings. The fraction of sp³-hybridized carbons (Fsp3) is 0.379. The zero-order valence-electron chi connectivity index (χ0n) is 21.8. The number of ether oxygens (including phenoxy) is 2. The number of carbonyl (C=O) groups is 2. The van der Waals surface area contributed by atoms with Gasteiger partial charge in [0.25, 0.3) is 5.56 Å². The van der Waals surface area contributed by atoms with Crippen LogP contribution in [0.3, 0.4) is 0 Å². The normalized spacial score (nSPS) is 19.7. The van der Waals surface area contributed by atoms with Crippen molar-refractivity contribution in [3.8, 4) is 11.1 Å². The van der Waals surface area contributed by atoms with Crippen LogP contribution in [0.5, 0.6) is 0 Å². The van der Waals surface area contributed by atoms with Crippen LogP contribution >= 0.6 is 11.6 Å². The van der Waals surface area contributed by atoms with Gasteiger partial charge in [-0.05, 0) is 60.2 Å². The standard InChI is InChI=1S/C29H27ClF3N3O5/c30-19-5-4-17-9-26(29(31,32)33)41-16-18-14-36(27(38)12-24(18)23(17)10-19)25(11-22-3-1-2-8-40-22)28(39)35-20-6-7-21(15-37)34-13-20/h4-7,10,12-15,22,25-26H,1-3,8-9,11,16H2,(H,35,39). The molecule has 41 heavy (non-hydrogen) atoms. The number of aldehydes is 1. The summed E-state index contributed by atoms with van der Waals surface area (Å²) in [5.74, 6) is -0.537. The van der Waals surface area contributed by atoms with Gasteiger partial charge in [0.2, 0.25) is 5.91 Å². The summed E-state index contributed by atoms with van der Waals surface area (Å²) >= 11 is 6.20. The minimum atomic E-state index is -4.61. The van der Waals surface area contributed by atoms with E-state index in [2.05, 4.69) is 10.3 Å². The van der Waals surface area contributed by atoms with Crippen molar-refractivity contribution in [1.29, 1.82) is 0 Å². The number of nitrogens with one attached hydrogen (secondary N) is 1. The van der Waals surface area contributed by atoms with Gasteiger partial charge in [-0.15, -0.1) is 0 Å². The molecule has 0 bridgehead atoms. The fourth-order valence-corrected chi connectivity index (χ4v) is 5.37. The number of nitrogens with zero attached hydrogens (tertiary/aromatic N) is 2. The molecule has 1 amide bonds. The Morgan fingerprint density at radius 3 is 2.63 bits per heavy atom. The van der Waals surface area contributed by atoms with Crippen molar-refractivity contribution in [3.05, 3.63) is 81.0 Å². The molecule has 12 heteroatoms. The van der Waals surface area contributed by atoms with Crippen LogP contribution in [0.1, 0.15) is 53.3 Å². The van der Waals surface area contributed by atoms with E-state index < -0.39 is 42.8 Å². The molecule has 3 unspecified atom stereocenters. The van der Waals surface area contributed by atoms with E-state index in [1.807, 2.05) is 0 Å². The lowest BCUT2D eigenvalue weighted by Crippen LogP contribution is -2.38. The summed E-state index contributed by atoms with van der Waals surface area (Å²) in [6.45, 7) is 0.0937. The summed E-state index contributed by atoms with van der Waals surface area (Å²) in [4.78, 5) is 42.1. The number of pyridine rings is 2. The molecule has 8 nitrogen and oxygen atoms in total. The Hall–Kier alpha value is -3.54. The second-order valence-corrected chi connectivity index (χ2v) is 10.6. The average Bonchev–Trinajstić information content (AvgIpc) is 2.94. The van der Waals surface area contributed by atoms with Gasteiger partial charge in [0, 0.05) is 42.3 Å². The average molecular weight is 590 g/mol. The van der Waals surface area contributed by atoms with Crippen molar-refractivity contribution in [2.75, 3.05) is 11.9 Å². The number of hydrogen-bond donors (Lipinski definition) is 1. The number of alkyl halides is 3. The van der Waals surface area contributed by atoms with Crippen LogP contribution in [-0.2, 0) is 27.3 Å². The molecule has 2 aromatic heterocycles. The highest BCUT2D eigenvalue weighted by atomic mass is 35.5. The summed E-state index contributed by atoms with van der Waals surface area (Å²) in [5, 5.41) is 3.04. The van der Waals surface area contributed by atoms with E-state index in [4.69, 9.17) is 21.1 Å². The highest BCUT2D eigenvalue weighted by Gasteiger charge is 2.42. The topological polar surface area (TPSA) is 99.5 Å². The summed E-state index contributed by atoms with van der Waals surface area (Å²) < 4.78 is 53.8. The highest BCUT2D eigenvalue weighted by molar-refractivity contribution is 6.30. The summed E-state index contributed by atoms with van der Waals surface area (Å²) in [7, 11) is 0. The van der Waals surface area contributed by atoms with Gasteiger partial charge in [-0.2, -0.15) is 13.2 Å². The first-order chi connectivity index (χ1) is 19.6. The van der Waals surface area contributed by atoms with Gasteiger partial charge >= 0.3 is 6.18 Å². The second-order valence-electron chi connectivity index (χ2n) is 10.1. The van der Waals surface area contributed by atoms with Crippen LogP contribution < -0.4 is 10.9 Å². The van der Waals surface area contributed by atoms with Crippen LogP contribution in [0.2, 0.25) is 5.02 Å². The van der Waals surface area contributed by atoms with E-state index in [9.17, 15) is 27.6 Å². The third-order valence-corrected chi connectivity index (χ3v) is 7.54. The molecule has 1 aromatic carbocycles. The van der Waals surface area contributed by atoms with Gasteiger partial charge in [-0.3, -0.25) is 19.4 Å². The van der Waals surface area contributed by atoms with E-state index in [0.29, 0.717) is 52.3 Å². The molecule has 0 saturated carbocycles. The minimum absolute atomic E-state index is 0.166. The minimum Gasteiger partial charge on any atom is -0.378 e. The Morgan fingerprint density at radius 2 is 1.95 bits per heavy atom. The molecule has 4 heterocycles.